The minimum atomic E-state index is 0.207. The molecule has 0 bridgehead atoms. The molecule has 4 aliphatic heterocycles. The SMILES string of the molecule is CC.CC.CC.CC.CC(C)(C)C1=CN2NC=CC2C=C1.CC(C)(C)C1=Cc2ccccc2C1.CC(C)(C)c1cc2ccccc2[nH]1.CC(C)(C)c1ccc2cn[nH]c2c1.CC1=C(C(C)(C)C)CN2C=CC=CC12.CC1=C(C(C)(C)C)Cc2ccccc21. The first kappa shape index (κ1) is 75.5. The van der Waals surface area contributed by atoms with Gasteiger partial charge in [-0.15, -0.1) is 0 Å². The van der Waals surface area contributed by atoms with Crippen LogP contribution in [0.2, 0.25) is 0 Å². The van der Waals surface area contributed by atoms with E-state index in [1.165, 1.54) is 66.5 Å². The first-order valence-corrected chi connectivity index (χ1v) is 33.3. The largest absolute Gasteiger partial charge is 0.363 e. The van der Waals surface area contributed by atoms with Gasteiger partial charge in [0.2, 0.25) is 0 Å². The molecular formula is C82H122N6. The van der Waals surface area contributed by atoms with E-state index in [0.29, 0.717) is 28.3 Å². The molecule has 0 radical (unpaired) electrons. The molecule has 6 nitrogen and oxygen atoms in total. The van der Waals surface area contributed by atoms with E-state index in [4.69, 9.17) is 0 Å². The molecule has 3 N–H and O–H groups in total. The number of nitrogens with one attached hydrogen (secondary N) is 3. The second-order valence-corrected chi connectivity index (χ2v) is 28.8. The number of hydrogen-bond donors (Lipinski definition) is 3. The highest BCUT2D eigenvalue weighted by atomic mass is 15.5. The highest BCUT2D eigenvalue weighted by molar-refractivity contribution is 5.81. The molecule has 0 saturated carbocycles. The molecule has 0 saturated heterocycles. The third-order valence-electron chi connectivity index (χ3n) is 16.2. The van der Waals surface area contributed by atoms with E-state index in [0.717, 1.165) is 24.9 Å². The second kappa shape index (κ2) is 33.2. The molecule has 0 fully saturated rings. The standard InChI is InChI=1S/C14H18.C13H19N.C13H16.C12H15N.C11H14N2.C11H16N2.4C2H6/c1-10-12-8-6-5-7-11(12)9-13(10)14(2,3)4;1-10-11(13(2,3)4)9-14-8-6-5-7-12(10)14;1-13(2,3)12-8-10-6-4-5-7-11(10)9-12;1-12(2,3)11-8-9-6-4-5-7-10(9)13-11;1-11(2,3)9-5-4-8-7-12-13-10(8)6-9;1-11(2,3)9-4-5-10-6-7-12-13(10)8-9;4*1-2/h5-8H,9H2,1-4H3;5-8,12H,9H2,1-4H3;4-8H,9H2,1-3H3;4-8,13H,1-3H3;4-7H,1-3H3,(H,12,13);4-8,10,12H,1-3H3;4*1-2H3. The van der Waals surface area contributed by atoms with Crippen molar-refractivity contribution < 1.29 is 0 Å². The maximum absolute atomic E-state index is 4.00. The van der Waals surface area contributed by atoms with Gasteiger partial charge in [-0.25, -0.2) is 0 Å². The van der Waals surface area contributed by atoms with Crippen molar-refractivity contribution in [2.24, 2.45) is 21.7 Å². The Labute approximate surface area is 538 Å². The van der Waals surface area contributed by atoms with Gasteiger partial charge >= 0.3 is 0 Å². The van der Waals surface area contributed by atoms with Crippen molar-refractivity contribution in [1.82, 2.24) is 30.5 Å². The van der Waals surface area contributed by atoms with Gasteiger partial charge in [-0.3, -0.25) is 10.1 Å². The van der Waals surface area contributed by atoms with Crippen LogP contribution in [0.4, 0.5) is 0 Å². The molecule has 6 heteroatoms. The number of benzene rings is 4. The average molecular weight is 1190 g/mol. The lowest BCUT2D eigenvalue weighted by molar-refractivity contribution is 0.312. The minimum absolute atomic E-state index is 0.207. The maximum Gasteiger partial charge on any atom is 0.0879 e. The van der Waals surface area contributed by atoms with Crippen molar-refractivity contribution in [1.29, 1.82) is 0 Å². The summed E-state index contributed by atoms with van der Waals surface area (Å²) in [5.41, 5.74) is 24.7. The van der Waals surface area contributed by atoms with Gasteiger partial charge in [-0.2, -0.15) is 5.10 Å². The highest BCUT2D eigenvalue weighted by Gasteiger charge is 2.33. The van der Waals surface area contributed by atoms with Gasteiger partial charge in [0.05, 0.1) is 23.8 Å². The molecule has 12 rings (SSSR count). The first-order chi connectivity index (χ1) is 41.3. The van der Waals surface area contributed by atoms with E-state index < -0.39 is 0 Å². The van der Waals surface area contributed by atoms with Crippen LogP contribution in [0.1, 0.15) is 227 Å². The normalized spacial score (nSPS) is 16.6. The van der Waals surface area contributed by atoms with Crippen LogP contribution in [0.25, 0.3) is 33.5 Å². The highest BCUT2D eigenvalue weighted by Crippen LogP contribution is 2.42. The number of aromatic amines is 2. The summed E-state index contributed by atoms with van der Waals surface area (Å²) in [6.07, 6.45) is 26.0. The van der Waals surface area contributed by atoms with Crippen LogP contribution in [0, 0.1) is 21.7 Å². The van der Waals surface area contributed by atoms with Crippen LogP contribution in [-0.4, -0.2) is 43.7 Å². The number of nitrogens with zero attached hydrogens (tertiary/aromatic N) is 3. The van der Waals surface area contributed by atoms with Crippen LogP contribution in [0.15, 0.2) is 186 Å². The number of H-pyrrole nitrogens is 2. The van der Waals surface area contributed by atoms with Crippen molar-refractivity contribution in [2.45, 2.75) is 230 Å². The molecule has 2 unspecified atom stereocenters. The minimum Gasteiger partial charge on any atom is -0.363 e. The number of fused-ring (bicyclic) bond motifs is 6. The molecule has 0 amide bonds. The third-order valence-corrected chi connectivity index (χ3v) is 16.2. The lowest BCUT2D eigenvalue weighted by Crippen LogP contribution is -2.34. The van der Waals surface area contributed by atoms with Crippen LogP contribution < -0.4 is 5.43 Å². The summed E-state index contributed by atoms with van der Waals surface area (Å²) in [6, 6.07) is 35.4. The van der Waals surface area contributed by atoms with Crippen LogP contribution in [0.3, 0.4) is 0 Å². The quantitative estimate of drug-likeness (QED) is 0.133. The van der Waals surface area contributed by atoms with E-state index in [1.54, 1.807) is 16.7 Å². The fourth-order valence-corrected chi connectivity index (χ4v) is 10.9. The number of rotatable bonds is 0. The predicted molar refractivity (Wildman–Crippen MR) is 392 cm³/mol. The molecule has 2 aromatic heterocycles. The fraction of sp³-hybridized carbons (Fsp3) is 0.476. The van der Waals surface area contributed by atoms with Gasteiger partial charge in [0.1, 0.15) is 0 Å². The third kappa shape index (κ3) is 21.2. The Bertz CT molecular complexity index is 3320. The zero-order valence-electron chi connectivity index (χ0n) is 60.7. The van der Waals surface area contributed by atoms with Crippen molar-refractivity contribution in [3.8, 4) is 0 Å². The average Bonchev–Trinajstić information content (AvgIpc) is 3.19. The first-order valence-electron chi connectivity index (χ1n) is 33.3. The Balaban J connectivity index is 0.000000270. The van der Waals surface area contributed by atoms with E-state index >= 15 is 0 Å². The van der Waals surface area contributed by atoms with Crippen LogP contribution in [-0.2, 0) is 23.7 Å². The number of hydrazine groups is 1. The monoisotopic (exact) mass is 1190 g/mol. The number of aromatic nitrogens is 3. The van der Waals surface area contributed by atoms with Gasteiger partial charge in [0, 0.05) is 47.2 Å². The molecule has 88 heavy (non-hydrogen) atoms. The Morgan fingerprint density at radius 1 is 0.523 bits per heavy atom. The molecule has 4 aromatic carbocycles. The number of para-hydroxylation sites is 1. The van der Waals surface area contributed by atoms with E-state index in [1.807, 2.05) is 67.8 Å². The lowest BCUT2D eigenvalue weighted by atomic mass is 9.83. The smallest absolute Gasteiger partial charge is 0.0879 e. The summed E-state index contributed by atoms with van der Waals surface area (Å²) in [7, 11) is 0. The van der Waals surface area contributed by atoms with Crippen LogP contribution in [0.5, 0.6) is 0 Å². The molecule has 2 aliphatic carbocycles. The molecule has 480 valence electrons. The number of allylic oxidation sites excluding steroid dienone is 7. The zero-order chi connectivity index (χ0) is 66.6. The van der Waals surface area contributed by atoms with E-state index in [2.05, 4.69) is 321 Å². The molecular weight excluding hydrogens is 1070 g/mol. The van der Waals surface area contributed by atoms with Crippen molar-refractivity contribution in [2.75, 3.05) is 6.54 Å². The van der Waals surface area contributed by atoms with Gasteiger partial charge < -0.3 is 15.3 Å². The van der Waals surface area contributed by atoms with Crippen molar-refractivity contribution in [3.05, 3.63) is 220 Å². The number of hydrogen-bond acceptors (Lipinski definition) is 4. The zero-order valence-corrected chi connectivity index (χ0v) is 60.7. The van der Waals surface area contributed by atoms with Gasteiger partial charge in [0.15, 0.2) is 0 Å². The summed E-state index contributed by atoms with van der Waals surface area (Å²) < 4.78 is 0. The Hall–Kier alpha value is -6.79. The lowest BCUT2D eigenvalue weighted by Gasteiger charge is -2.30. The summed E-state index contributed by atoms with van der Waals surface area (Å²) in [6.45, 7) is 62.3. The summed E-state index contributed by atoms with van der Waals surface area (Å²) >= 11 is 0. The molecule has 2 atom stereocenters. The van der Waals surface area contributed by atoms with Crippen LogP contribution >= 0.6 is 0 Å². The summed E-state index contributed by atoms with van der Waals surface area (Å²) in [4.78, 5) is 5.85. The van der Waals surface area contributed by atoms with E-state index in [9.17, 15) is 0 Å². The van der Waals surface area contributed by atoms with Crippen molar-refractivity contribution >= 4 is 33.5 Å². The van der Waals surface area contributed by atoms with Gasteiger partial charge in [-0.05, 0) is 140 Å². The Kier molecular flexibility index (Phi) is 28.4. The van der Waals surface area contributed by atoms with Gasteiger partial charge in [-0.1, -0.05) is 300 Å². The Morgan fingerprint density at radius 3 is 1.68 bits per heavy atom. The molecule has 6 aliphatic rings. The molecule has 6 aromatic rings. The maximum atomic E-state index is 4.00. The second-order valence-electron chi connectivity index (χ2n) is 28.8. The van der Waals surface area contributed by atoms with Crippen molar-refractivity contribution in [3.63, 3.8) is 0 Å². The molecule has 6 heterocycles. The summed E-state index contributed by atoms with van der Waals surface area (Å²) in [5.74, 6) is 0. The fourth-order valence-electron chi connectivity index (χ4n) is 10.9. The van der Waals surface area contributed by atoms with Gasteiger partial charge in [0.25, 0.3) is 0 Å². The summed E-state index contributed by atoms with van der Waals surface area (Å²) in [5, 5.41) is 11.6. The molecule has 0 spiro atoms. The topological polar surface area (TPSA) is 63.0 Å². The van der Waals surface area contributed by atoms with E-state index in [-0.39, 0.29) is 16.2 Å². The predicted octanol–water partition coefficient (Wildman–Crippen LogP) is 23.5. The Morgan fingerprint density at radius 2 is 1.12 bits per heavy atom.